The largest absolute Gasteiger partial charge is 0.496 e. The van der Waals surface area contributed by atoms with E-state index in [4.69, 9.17) is 10.5 Å². The maximum atomic E-state index is 6.25. The number of para-hydroxylation sites is 1. The summed E-state index contributed by atoms with van der Waals surface area (Å²) in [5.41, 5.74) is 7.30. The molecule has 4 heteroatoms. The van der Waals surface area contributed by atoms with Crippen molar-refractivity contribution in [1.29, 1.82) is 0 Å². The summed E-state index contributed by atoms with van der Waals surface area (Å²) >= 11 is 5.29. The van der Waals surface area contributed by atoms with Crippen molar-refractivity contribution in [2.24, 2.45) is 5.73 Å². The first-order valence-corrected chi connectivity index (χ1v) is 7.76. The van der Waals surface area contributed by atoms with Gasteiger partial charge in [-0.2, -0.15) is 0 Å². The van der Waals surface area contributed by atoms with Crippen molar-refractivity contribution in [3.63, 3.8) is 0 Å². The van der Waals surface area contributed by atoms with E-state index in [2.05, 4.69) is 22.0 Å². The van der Waals surface area contributed by atoms with Crippen LogP contribution < -0.4 is 10.5 Å². The van der Waals surface area contributed by atoms with Crippen molar-refractivity contribution in [1.82, 2.24) is 0 Å². The summed E-state index contributed by atoms with van der Waals surface area (Å²) in [4.78, 5) is 1.20. The van der Waals surface area contributed by atoms with Crippen LogP contribution in [0.15, 0.2) is 57.9 Å². The molecule has 100 valence electrons. The van der Waals surface area contributed by atoms with E-state index >= 15 is 0 Å². The van der Waals surface area contributed by atoms with Gasteiger partial charge in [-0.05, 0) is 34.1 Å². The molecule has 19 heavy (non-hydrogen) atoms. The molecule has 0 aliphatic heterocycles. The molecule has 2 N–H and O–H groups in total. The molecule has 0 heterocycles. The van der Waals surface area contributed by atoms with Crippen LogP contribution >= 0.6 is 27.7 Å². The van der Waals surface area contributed by atoms with Gasteiger partial charge < -0.3 is 10.5 Å². The molecule has 0 saturated carbocycles. The van der Waals surface area contributed by atoms with Crippen LogP contribution in [0.4, 0.5) is 0 Å². The Labute approximate surface area is 126 Å². The van der Waals surface area contributed by atoms with Crippen LogP contribution in [0.5, 0.6) is 5.75 Å². The van der Waals surface area contributed by atoms with Gasteiger partial charge in [0.2, 0.25) is 0 Å². The third-order valence-electron chi connectivity index (χ3n) is 2.79. The van der Waals surface area contributed by atoms with Crippen LogP contribution in [0.3, 0.4) is 0 Å². The third-order valence-corrected chi connectivity index (χ3v) is 4.94. The molecule has 0 bridgehead atoms. The Balaban J connectivity index is 2.05. The molecule has 0 amide bonds. The highest BCUT2D eigenvalue weighted by Gasteiger charge is 2.12. The predicted molar refractivity (Wildman–Crippen MR) is 84.8 cm³/mol. The van der Waals surface area contributed by atoms with E-state index in [0.717, 1.165) is 21.5 Å². The first-order valence-electron chi connectivity index (χ1n) is 5.98. The minimum Gasteiger partial charge on any atom is -0.496 e. The van der Waals surface area contributed by atoms with Crippen molar-refractivity contribution in [3.05, 3.63) is 58.6 Å². The van der Waals surface area contributed by atoms with Crippen LogP contribution in [-0.4, -0.2) is 12.9 Å². The molecule has 1 atom stereocenters. The van der Waals surface area contributed by atoms with E-state index in [-0.39, 0.29) is 6.04 Å². The molecule has 0 radical (unpaired) electrons. The van der Waals surface area contributed by atoms with Crippen molar-refractivity contribution in [2.45, 2.75) is 10.9 Å². The monoisotopic (exact) mass is 337 g/mol. The fourth-order valence-electron chi connectivity index (χ4n) is 1.80. The molecular formula is C15H16BrNOS. The maximum absolute atomic E-state index is 6.25. The fourth-order valence-corrected chi connectivity index (χ4v) is 3.35. The summed E-state index contributed by atoms with van der Waals surface area (Å²) in [7, 11) is 1.67. The molecule has 0 aliphatic carbocycles. The SMILES string of the molecule is COc1ccccc1C(N)CSc1ccccc1Br. The Hall–Kier alpha value is -0.970. The maximum Gasteiger partial charge on any atom is 0.123 e. The number of methoxy groups -OCH3 is 1. The van der Waals surface area contributed by atoms with Gasteiger partial charge in [0.15, 0.2) is 0 Å². The van der Waals surface area contributed by atoms with Gasteiger partial charge in [-0.3, -0.25) is 0 Å². The normalized spacial score (nSPS) is 12.2. The zero-order chi connectivity index (χ0) is 13.7. The minimum absolute atomic E-state index is 0.0479. The number of nitrogens with two attached hydrogens (primary N) is 1. The van der Waals surface area contributed by atoms with E-state index in [0.29, 0.717) is 0 Å². The Morgan fingerprint density at radius 2 is 1.84 bits per heavy atom. The number of ether oxygens (including phenoxy) is 1. The molecule has 2 nitrogen and oxygen atoms in total. The van der Waals surface area contributed by atoms with E-state index in [1.807, 2.05) is 42.5 Å². The van der Waals surface area contributed by atoms with Crippen LogP contribution in [0.25, 0.3) is 0 Å². The summed E-state index contributed by atoms with van der Waals surface area (Å²) in [6.07, 6.45) is 0. The zero-order valence-corrected chi connectivity index (χ0v) is 13.1. The lowest BCUT2D eigenvalue weighted by molar-refractivity contribution is 0.407. The number of thioether (sulfide) groups is 1. The van der Waals surface area contributed by atoms with Gasteiger partial charge in [-0.1, -0.05) is 30.3 Å². The smallest absolute Gasteiger partial charge is 0.123 e. The van der Waals surface area contributed by atoms with E-state index in [9.17, 15) is 0 Å². The summed E-state index contributed by atoms with van der Waals surface area (Å²) in [6.45, 7) is 0. The van der Waals surface area contributed by atoms with Gasteiger partial charge >= 0.3 is 0 Å². The lowest BCUT2D eigenvalue weighted by Gasteiger charge is -2.15. The molecule has 1 unspecified atom stereocenters. The lowest BCUT2D eigenvalue weighted by atomic mass is 10.1. The molecule has 0 aliphatic rings. The molecule has 0 spiro atoms. The van der Waals surface area contributed by atoms with Gasteiger partial charge in [0.1, 0.15) is 5.75 Å². The number of hydrogen-bond donors (Lipinski definition) is 1. The number of hydrogen-bond acceptors (Lipinski definition) is 3. The second-order valence-electron chi connectivity index (χ2n) is 4.09. The number of rotatable bonds is 5. The lowest BCUT2D eigenvalue weighted by Crippen LogP contribution is -2.14. The van der Waals surface area contributed by atoms with Crippen LogP contribution in [0, 0.1) is 0 Å². The highest BCUT2D eigenvalue weighted by molar-refractivity contribution is 9.10. The van der Waals surface area contributed by atoms with E-state index < -0.39 is 0 Å². The average Bonchev–Trinajstić information content (AvgIpc) is 2.46. The van der Waals surface area contributed by atoms with Crippen molar-refractivity contribution in [3.8, 4) is 5.75 Å². The summed E-state index contributed by atoms with van der Waals surface area (Å²) in [6, 6.07) is 16.0. The first kappa shape index (κ1) is 14.4. The van der Waals surface area contributed by atoms with Gasteiger partial charge in [-0.25, -0.2) is 0 Å². The molecule has 0 aromatic heterocycles. The molecule has 2 aromatic carbocycles. The predicted octanol–water partition coefficient (Wildman–Crippen LogP) is 4.25. The zero-order valence-electron chi connectivity index (χ0n) is 10.7. The van der Waals surface area contributed by atoms with E-state index in [1.165, 1.54) is 4.90 Å². The number of benzene rings is 2. The highest BCUT2D eigenvalue weighted by atomic mass is 79.9. The van der Waals surface area contributed by atoms with E-state index in [1.54, 1.807) is 18.9 Å². The molecule has 2 aromatic rings. The standard InChI is InChI=1S/C15H16BrNOS/c1-18-14-8-4-2-6-11(14)13(17)10-19-15-9-5-3-7-12(15)16/h2-9,13H,10,17H2,1H3. The second-order valence-corrected chi connectivity index (χ2v) is 6.01. The van der Waals surface area contributed by atoms with Crippen LogP contribution in [-0.2, 0) is 0 Å². The Bertz CT molecular complexity index is 547. The number of halogens is 1. The summed E-state index contributed by atoms with van der Waals surface area (Å²) in [5, 5.41) is 0. The van der Waals surface area contributed by atoms with Crippen molar-refractivity contribution >= 4 is 27.7 Å². The molecular weight excluding hydrogens is 322 g/mol. The third kappa shape index (κ3) is 3.75. The Morgan fingerprint density at radius 1 is 1.16 bits per heavy atom. The topological polar surface area (TPSA) is 35.2 Å². The molecule has 0 fully saturated rings. The van der Waals surface area contributed by atoms with Gasteiger partial charge in [-0.15, -0.1) is 11.8 Å². The first-order chi connectivity index (χ1) is 9.22. The van der Waals surface area contributed by atoms with Crippen molar-refractivity contribution in [2.75, 3.05) is 12.9 Å². The van der Waals surface area contributed by atoms with Gasteiger partial charge in [0.25, 0.3) is 0 Å². The van der Waals surface area contributed by atoms with Gasteiger partial charge in [0.05, 0.1) is 7.11 Å². The average molecular weight is 338 g/mol. The Morgan fingerprint density at radius 3 is 2.58 bits per heavy atom. The molecule has 0 saturated heterocycles. The minimum atomic E-state index is -0.0479. The summed E-state index contributed by atoms with van der Waals surface area (Å²) < 4.78 is 6.45. The quantitative estimate of drug-likeness (QED) is 0.828. The van der Waals surface area contributed by atoms with Crippen LogP contribution in [0.2, 0.25) is 0 Å². The fraction of sp³-hybridized carbons (Fsp3) is 0.200. The van der Waals surface area contributed by atoms with Crippen molar-refractivity contribution < 1.29 is 4.74 Å². The van der Waals surface area contributed by atoms with Crippen LogP contribution in [0.1, 0.15) is 11.6 Å². The van der Waals surface area contributed by atoms with Gasteiger partial charge in [0, 0.05) is 26.7 Å². The second kappa shape index (κ2) is 6.98. The summed E-state index contributed by atoms with van der Waals surface area (Å²) in [5.74, 6) is 1.66. The molecule has 2 rings (SSSR count). The Kier molecular flexibility index (Phi) is 5.31. The highest BCUT2D eigenvalue weighted by Crippen LogP contribution is 2.31.